The first-order valence-electron chi connectivity index (χ1n) is 8.20. The fourth-order valence-electron chi connectivity index (χ4n) is 3.11. The Morgan fingerprint density at radius 1 is 1.21 bits per heavy atom. The molecular formula is C18H27N. The molecule has 0 amide bonds. The van der Waals surface area contributed by atoms with Crippen LogP contribution >= 0.6 is 0 Å². The van der Waals surface area contributed by atoms with Gasteiger partial charge in [-0.15, -0.1) is 0 Å². The van der Waals surface area contributed by atoms with E-state index in [4.69, 9.17) is 0 Å². The highest BCUT2D eigenvalue weighted by Gasteiger charge is 2.26. The minimum Gasteiger partial charge on any atom is -0.310 e. The first-order chi connectivity index (χ1) is 9.36. The lowest BCUT2D eigenvalue weighted by Gasteiger charge is -2.27. The van der Waals surface area contributed by atoms with Crippen LogP contribution in [-0.4, -0.2) is 6.54 Å². The highest BCUT2D eigenvalue weighted by molar-refractivity contribution is 5.30. The van der Waals surface area contributed by atoms with Crippen molar-refractivity contribution in [3.05, 3.63) is 35.4 Å². The Labute approximate surface area is 117 Å². The van der Waals surface area contributed by atoms with Gasteiger partial charge < -0.3 is 5.32 Å². The maximum absolute atomic E-state index is 3.76. The van der Waals surface area contributed by atoms with Gasteiger partial charge in [-0.05, 0) is 55.2 Å². The molecule has 1 aromatic rings. The van der Waals surface area contributed by atoms with Gasteiger partial charge in [0.05, 0.1) is 0 Å². The van der Waals surface area contributed by atoms with Crippen LogP contribution in [0.2, 0.25) is 0 Å². The SMILES string of the molecule is CCCNC(CC1CC1)c1cccc(C2CCC2)c1. The molecule has 1 atom stereocenters. The van der Waals surface area contributed by atoms with Crippen LogP contribution in [0.3, 0.4) is 0 Å². The van der Waals surface area contributed by atoms with Crippen LogP contribution in [0, 0.1) is 5.92 Å². The molecule has 2 aliphatic rings. The summed E-state index contributed by atoms with van der Waals surface area (Å²) in [5.74, 6) is 1.84. The summed E-state index contributed by atoms with van der Waals surface area (Å²) in [7, 11) is 0. The largest absolute Gasteiger partial charge is 0.310 e. The predicted molar refractivity (Wildman–Crippen MR) is 81.4 cm³/mol. The third-order valence-electron chi connectivity index (χ3n) is 4.80. The number of hydrogen-bond donors (Lipinski definition) is 1. The molecule has 0 aromatic heterocycles. The summed E-state index contributed by atoms with van der Waals surface area (Å²) < 4.78 is 0. The molecule has 1 heteroatoms. The van der Waals surface area contributed by atoms with Crippen molar-refractivity contribution in [2.75, 3.05) is 6.54 Å². The van der Waals surface area contributed by atoms with E-state index in [1.54, 1.807) is 5.56 Å². The molecule has 19 heavy (non-hydrogen) atoms. The smallest absolute Gasteiger partial charge is 0.0322 e. The van der Waals surface area contributed by atoms with Gasteiger partial charge in [0, 0.05) is 6.04 Å². The molecular weight excluding hydrogens is 230 g/mol. The quantitative estimate of drug-likeness (QED) is 0.740. The van der Waals surface area contributed by atoms with Crippen molar-refractivity contribution in [3.8, 4) is 0 Å². The van der Waals surface area contributed by atoms with Gasteiger partial charge >= 0.3 is 0 Å². The van der Waals surface area contributed by atoms with Crippen molar-refractivity contribution in [1.82, 2.24) is 5.32 Å². The van der Waals surface area contributed by atoms with E-state index in [9.17, 15) is 0 Å². The summed E-state index contributed by atoms with van der Waals surface area (Å²) in [5, 5.41) is 3.76. The topological polar surface area (TPSA) is 12.0 Å². The molecule has 0 heterocycles. The minimum absolute atomic E-state index is 0.590. The van der Waals surface area contributed by atoms with Gasteiger partial charge in [-0.25, -0.2) is 0 Å². The maximum Gasteiger partial charge on any atom is 0.0322 e. The van der Waals surface area contributed by atoms with E-state index < -0.39 is 0 Å². The molecule has 2 saturated carbocycles. The Balaban J connectivity index is 1.71. The zero-order valence-corrected chi connectivity index (χ0v) is 12.2. The maximum atomic E-state index is 3.76. The van der Waals surface area contributed by atoms with Crippen molar-refractivity contribution >= 4 is 0 Å². The number of hydrogen-bond acceptors (Lipinski definition) is 1. The van der Waals surface area contributed by atoms with Crippen LogP contribution in [0.1, 0.15) is 75.0 Å². The van der Waals surface area contributed by atoms with Crippen molar-refractivity contribution in [1.29, 1.82) is 0 Å². The van der Waals surface area contributed by atoms with Crippen molar-refractivity contribution in [2.45, 2.75) is 63.8 Å². The Hall–Kier alpha value is -0.820. The van der Waals surface area contributed by atoms with E-state index in [2.05, 4.69) is 36.5 Å². The standard InChI is InChI=1S/C18H27N/c1-2-11-19-18(12-14-9-10-14)17-8-4-7-16(13-17)15-5-3-6-15/h4,7-8,13-15,18-19H,2-3,5-6,9-12H2,1H3. The molecule has 0 aliphatic heterocycles. The molecule has 2 aliphatic carbocycles. The molecule has 0 saturated heterocycles. The zero-order chi connectivity index (χ0) is 13.1. The Bertz CT molecular complexity index is 404. The number of rotatable bonds is 7. The summed E-state index contributed by atoms with van der Waals surface area (Å²) in [5.41, 5.74) is 3.12. The highest BCUT2D eigenvalue weighted by Crippen LogP contribution is 2.40. The fourth-order valence-corrected chi connectivity index (χ4v) is 3.11. The molecule has 0 bridgehead atoms. The molecule has 1 nitrogen and oxygen atoms in total. The van der Waals surface area contributed by atoms with Crippen LogP contribution in [-0.2, 0) is 0 Å². The highest BCUT2D eigenvalue weighted by atomic mass is 14.9. The monoisotopic (exact) mass is 257 g/mol. The van der Waals surface area contributed by atoms with Crippen LogP contribution in [0.5, 0.6) is 0 Å². The fraction of sp³-hybridized carbons (Fsp3) is 0.667. The van der Waals surface area contributed by atoms with E-state index in [1.165, 1.54) is 50.5 Å². The Morgan fingerprint density at radius 3 is 2.68 bits per heavy atom. The first kappa shape index (κ1) is 13.2. The van der Waals surface area contributed by atoms with Crippen molar-refractivity contribution in [2.24, 2.45) is 5.92 Å². The summed E-state index contributed by atoms with van der Waals surface area (Å²) >= 11 is 0. The number of nitrogens with one attached hydrogen (secondary N) is 1. The molecule has 0 radical (unpaired) electrons. The summed E-state index contributed by atoms with van der Waals surface area (Å²) in [6.07, 6.45) is 9.70. The number of benzene rings is 1. The average molecular weight is 257 g/mol. The van der Waals surface area contributed by atoms with Gasteiger partial charge in [0.15, 0.2) is 0 Å². The summed E-state index contributed by atoms with van der Waals surface area (Å²) in [6, 6.07) is 10.0. The average Bonchev–Trinajstić information content (AvgIpc) is 3.16. The van der Waals surface area contributed by atoms with E-state index in [-0.39, 0.29) is 0 Å². The molecule has 104 valence electrons. The van der Waals surface area contributed by atoms with E-state index >= 15 is 0 Å². The molecule has 1 unspecified atom stereocenters. The lowest BCUT2D eigenvalue weighted by molar-refractivity contribution is 0.418. The second-order valence-electron chi connectivity index (χ2n) is 6.48. The third-order valence-corrected chi connectivity index (χ3v) is 4.80. The third kappa shape index (κ3) is 3.39. The molecule has 1 N–H and O–H groups in total. The van der Waals surface area contributed by atoms with E-state index in [0.717, 1.165) is 18.4 Å². The molecule has 2 fully saturated rings. The second kappa shape index (κ2) is 6.09. The van der Waals surface area contributed by atoms with Gasteiger partial charge in [0.25, 0.3) is 0 Å². The van der Waals surface area contributed by atoms with E-state index in [0.29, 0.717) is 6.04 Å². The van der Waals surface area contributed by atoms with Crippen molar-refractivity contribution < 1.29 is 0 Å². The van der Waals surface area contributed by atoms with Crippen LogP contribution in [0.15, 0.2) is 24.3 Å². The van der Waals surface area contributed by atoms with Crippen LogP contribution < -0.4 is 5.32 Å². The van der Waals surface area contributed by atoms with E-state index in [1.807, 2.05) is 0 Å². The van der Waals surface area contributed by atoms with Crippen LogP contribution in [0.25, 0.3) is 0 Å². The second-order valence-corrected chi connectivity index (χ2v) is 6.48. The first-order valence-corrected chi connectivity index (χ1v) is 8.20. The zero-order valence-electron chi connectivity index (χ0n) is 12.2. The van der Waals surface area contributed by atoms with Gasteiger partial charge in [-0.2, -0.15) is 0 Å². The normalized spacial score (nSPS) is 21.1. The molecule has 1 aromatic carbocycles. The summed E-state index contributed by atoms with van der Waals surface area (Å²) in [4.78, 5) is 0. The van der Waals surface area contributed by atoms with Crippen molar-refractivity contribution in [3.63, 3.8) is 0 Å². The summed E-state index contributed by atoms with van der Waals surface area (Å²) in [6.45, 7) is 3.40. The Kier molecular flexibility index (Phi) is 4.22. The Morgan fingerprint density at radius 2 is 2.05 bits per heavy atom. The molecule has 0 spiro atoms. The van der Waals surface area contributed by atoms with Gasteiger partial charge in [0.2, 0.25) is 0 Å². The minimum atomic E-state index is 0.590. The van der Waals surface area contributed by atoms with Gasteiger partial charge in [-0.1, -0.05) is 50.5 Å². The van der Waals surface area contributed by atoms with Gasteiger partial charge in [0.1, 0.15) is 0 Å². The lowest BCUT2D eigenvalue weighted by Crippen LogP contribution is -2.23. The molecule has 3 rings (SSSR count). The lowest BCUT2D eigenvalue weighted by atomic mass is 9.79. The van der Waals surface area contributed by atoms with Gasteiger partial charge in [-0.3, -0.25) is 0 Å². The van der Waals surface area contributed by atoms with Crippen LogP contribution in [0.4, 0.5) is 0 Å². The predicted octanol–water partition coefficient (Wildman–Crippen LogP) is 4.79.